The third-order valence-corrected chi connectivity index (χ3v) is 3.60. The Morgan fingerprint density at radius 1 is 1.69 bits per heavy atom. The second-order valence-electron chi connectivity index (χ2n) is 2.71. The predicted molar refractivity (Wildman–Crippen MR) is 57.6 cm³/mol. The zero-order chi connectivity index (χ0) is 10.0. The van der Waals surface area contributed by atoms with Crippen molar-refractivity contribution in [3.05, 3.63) is 14.5 Å². The van der Waals surface area contributed by atoms with E-state index in [0.29, 0.717) is 5.71 Å². The van der Waals surface area contributed by atoms with Gasteiger partial charge < -0.3 is 9.77 Å². The summed E-state index contributed by atoms with van der Waals surface area (Å²) in [4.78, 5) is 0.967. The normalized spacial score (nSPS) is 12.1. The average Bonchev–Trinajstić information content (AvgIpc) is 2.40. The van der Waals surface area contributed by atoms with Gasteiger partial charge in [0, 0.05) is 12.2 Å². The lowest BCUT2D eigenvalue weighted by atomic mass is 10.3. The molecule has 0 fully saturated rings. The van der Waals surface area contributed by atoms with Gasteiger partial charge in [0.1, 0.15) is 0 Å². The van der Waals surface area contributed by atoms with Crippen LogP contribution in [0.25, 0.3) is 0 Å². The monoisotopic (exact) mass is 216 g/mol. The van der Waals surface area contributed by atoms with Crippen molar-refractivity contribution >= 4 is 29.3 Å². The molecular formula is C8H12N2OS2. The summed E-state index contributed by atoms with van der Waals surface area (Å²) in [5.74, 6) is 0. The quantitative estimate of drug-likeness (QED) is 0.357. The van der Waals surface area contributed by atoms with Crippen LogP contribution in [0.2, 0.25) is 0 Å². The van der Waals surface area contributed by atoms with Crippen LogP contribution < -0.4 is 0 Å². The summed E-state index contributed by atoms with van der Waals surface area (Å²) in [6.45, 7) is 6.66. The molecule has 3 nitrogen and oxygen atoms in total. The Morgan fingerprint density at radius 2 is 2.31 bits per heavy atom. The molecule has 13 heavy (non-hydrogen) atoms. The van der Waals surface area contributed by atoms with Crippen molar-refractivity contribution < 1.29 is 5.21 Å². The van der Waals surface area contributed by atoms with Gasteiger partial charge in [0.25, 0.3) is 0 Å². The van der Waals surface area contributed by atoms with E-state index in [1.165, 1.54) is 11.3 Å². The smallest absolute Gasteiger partial charge is 0.161 e. The van der Waals surface area contributed by atoms with Crippen molar-refractivity contribution in [1.82, 2.24) is 4.57 Å². The number of oxime groups is 1. The summed E-state index contributed by atoms with van der Waals surface area (Å²) < 4.78 is 2.86. The molecule has 1 rings (SSSR count). The lowest BCUT2D eigenvalue weighted by Crippen LogP contribution is -2.00. The second-order valence-corrected chi connectivity index (χ2v) is 4.36. The van der Waals surface area contributed by atoms with Gasteiger partial charge in [-0.3, -0.25) is 0 Å². The summed E-state index contributed by atoms with van der Waals surface area (Å²) in [5.41, 5.74) is 1.70. The fraction of sp³-hybridized carbons (Fsp3) is 0.500. The summed E-state index contributed by atoms with van der Waals surface area (Å²) in [5, 5.41) is 11.8. The molecule has 1 aromatic rings. The topological polar surface area (TPSA) is 37.5 Å². The van der Waals surface area contributed by atoms with Gasteiger partial charge in [-0.05, 0) is 33.0 Å². The van der Waals surface area contributed by atoms with Gasteiger partial charge in [-0.1, -0.05) is 5.16 Å². The highest BCUT2D eigenvalue weighted by Gasteiger charge is 2.09. The van der Waals surface area contributed by atoms with E-state index in [0.717, 1.165) is 21.1 Å². The van der Waals surface area contributed by atoms with Crippen LogP contribution in [0.5, 0.6) is 0 Å². The first kappa shape index (κ1) is 10.4. The minimum absolute atomic E-state index is 0.626. The molecule has 0 aliphatic heterocycles. The fourth-order valence-electron chi connectivity index (χ4n) is 1.22. The number of hydrogen-bond donors (Lipinski definition) is 1. The molecule has 0 bridgehead atoms. The van der Waals surface area contributed by atoms with Crippen LogP contribution in [0.3, 0.4) is 0 Å². The summed E-state index contributed by atoms with van der Waals surface area (Å²) in [6, 6.07) is 0. The van der Waals surface area contributed by atoms with Crippen molar-refractivity contribution in [2.24, 2.45) is 5.16 Å². The SMILES string of the molecule is CCn1c(C)c(/C(C)=N\O)sc1=S. The van der Waals surface area contributed by atoms with Crippen LogP contribution in [0.15, 0.2) is 5.16 Å². The van der Waals surface area contributed by atoms with Crippen LogP contribution in [0.1, 0.15) is 24.4 Å². The minimum atomic E-state index is 0.626. The number of aromatic nitrogens is 1. The highest BCUT2D eigenvalue weighted by molar-refractivity contribution is 7.73. The van der Waals surface area contributed by atoms with Crippen molar-refractivity contribution in [2.75, 3.05) is 0 Å². The van der Waals surface area contributed by atoms with E-state index in [1.54, 1.807) is 6.92 Å². The van der Waals surface area contributed by atoms with Gasteiger partial charge in [0.05, 0.1) is 10.6 Å². The molecule has 0 saturated heterocycles. The molecule has 5 heteroatoms. The fourth-order valence-corrected chi connectivity index (χ4v) is 2.74. The van der Waals surface area contributed by atoms with Gasteiger partial charge in [-0.25, -0.2) is 0 Å². The molecule has 72 valence electrons. The first-order chi connectivity index (χ1) is 6.11. The van der Waals surface area contributed by atoms with Crippen molar-refractivity contribution in [1.29, 1.82) is 0 Å². The van der Waals surface area contributed by atoms with Gasteiger partial charge >= 0.3 is 0 Å². The van der Waals surface area contributed by atoms with Crippen molar-refractivity contribution in [3.63, 3.8) is 0 Å². The van der Waals surface area contributed by atoms with E-state index >= 15 is 0 Å². The molecular weight excluding hydrogens is 204 g/mol. The molecule has 0 aromatic carbocycles. The first-order valence-electron chi connectivity index (χ1n) is 4.01. The first-order valence-corrected chi connectivity index (χ1v) is 5.23. The van der Waals surface area contributed by atoms with Crippen molar-refractivity contribution in [3.8, 4) is 0 Å². The van der Waals surface area contributed by atoms with Crippen LogP contribution in [-0.2, 0) is 6.54 Å². The molecule has 0 aliphatic carbocycles. The highest BCUT2D eigenvalue weighted by Crippen LogP contribution is 2.19. The van der Waals surface area contributed by atoms with E-state index in [4.69, 9.17) is 17.4 Å². The van der Waals surface area contributed by atoms with E-state index in [2.05, 4.69) is 5.16 Å². The van der Waals surface area contributed by atoms with E-state index < -0.39 is 0 Å². The maximum atomic E-state index is 8.64. The van der Waals surface area contributed by atoms with Crippen LogP contribution in [-0.4, -0.2) is 15.5 Å². The van der Waals surface area contributed by atoms with Gasteiger partial charge in [-0.15, -0.1) is 11.3 Å². The van der Waals surface area contributed by atoms with Crippen LogP contribution in [0.4, 0.5) is 0 Å². The van der Waals surface area contributed by atoms with E-state index in [9.17, 15) is 0 Å². The Labute approximate surface area is 86.3 Å². The highest BCUT2D eigenvalue weighted by atomic mass is 32.1. The number of rotatable bonds is 2. The molecule has 1 heterocycles. The molecule has 0 atom stereocenters. The minimum Gasteiger partial charge on any atom is -0.411 e. The van der Waals surface area contributed by atoms with Crippen LogP contribution in [0, 0.1) is 10.9 Å². The Bertz CT molecular complexity index is 389. The predicted octanol–water partition coefficient (Wildman–Crippen LogP) is 2.81. The Morgan fingerprint density at radius 3 is 2.69 bits per heavy atom. The van der Waals surface area contributed by atoms with Gasteiger partial charge in [0.15, 0.2) is 3.95 Å². The summed E-state index contributed by atoms with van der Waals surface area (Å²) in [7, 11) is 0. The molecule has 0 amide bonds. The number of hydrogen-bond acceptors (Lipinski definition) is 4. The summed E-state index contributed by atoms with van der Waals surface area (Å²) in [6.07, 6.45) is 0. The zero-order valence-corrected chi connectivity index (χ0v) is 9.50. The lowest BCUT2D eigenvalue weighted by molar-refractivity contribution is 0.319. The van der Waals surface area contributed by atoms with Gasteiger partial charge in [-0.2, -0.15) is 0 Å². The Hall–Kier alpha value is -0.680. The zero-order valence-electron chi connectivity index (χ0n) is 7.87. The molecule has 0 unspecified atom stereocenters. The molecule has 0 aliphatic rings. The van der Waals surface area contributed by atoms with E-state index in [-0.39, 0.29) is 0 Å². The Balaban J connectivity index is 3.34. The third-order valence-electron chi connectivity index (χ3n) is 1.94. The molecule has 0 saturated carbocycles. The number of thiazole rings is 1. The molecule has 0 radical (unpaired) electrons. The van der Waals surface area contributed by atoms with Crippen LogP contribution >= 0.6 is 23.6 Å². The second kappa shape index (κ2) is 4.02. The average molecular weight is 216 g/mol. The standard InChI is InChI=1S/C8H12N2OS2/c1-4-10-6(3)7(5(2)9-11)13-8(10)12/h11H,4H2,1-3H3/b9-5-. The van der Waals surface area contributed by atoms with E-state index in [1.807, 2.05) is 18.4 Å². The number of nitrogens with zero attached hydrogens (tertiary/aromatic N) is 2. The largest absolute Gasteiger partial charge is 0.411 e. The molecule has 1 aromatic heterocycles. The Kier molecular flexibility index (Phi) is 3.22. The maximum absolute atomic E-state index is 8.64. The van der Waals surface area contributed by atoms with Gasteiger partial charge in [0.2, 0.25) is 0 Å². The summed E-state index contributed by atoms with van der Waals surface area (Å²) >= 11 is 6.66. The third kappa shape index (κ3) is 1.81. The molecule has 0 spiro atoms. The maximum Gasteiger partial charge on any atom is 0.161 e. The molecule has 1 N–H and O–H groups in total. The lowest BCUT2D eigenvalue weighted by Gasteiger charge is -2.01. The van der Waals surface area contributed by atoms with Crippen molar-refractivity contribution in [2.45, 2.75) is 27.3 Å².